The monoisotopic (exact) mass is 451 g/mol. The maximum atomic E-state index is 12.6. The van der Waals surface area contributed by atoms with Gasteiger partial charge in [0.15, 0.2) is 0 Å². The molecule has 31 heavy (non-hydrogen) atoms. The molecule has 170 valence electrons. The summed E-state index contributed by atoms with van der Waals surface area (Å²) in [4.78, 5) is 23.7. The topological polar surface area (TPSA) is 123 Å². The lowest BCUT2D eigenvalue weighted by Gasteiger charge is -2.42. The first-order chi connectivity index (χ1) is 14.7. The standard InChI is InChI=1S/C21H29N3O6S/c1-20(18(25)23-19(26)24-20)16-4-2-3-15(11-16)12-22-31(27,28)13-17-5-6-21(14-30-17)7-9-29-10-8-21/h2-4,11,17,22H,5-10,12-14H2,1H3,(H2,23,24,25,26). The van der Waals surface area contributed by atoms with Crippen LogP contribution in [-0.4, -0.2) is 52.0 Å². The zero-order chi connectivity index (χ0) is 22.1. The summed E-state index contributed by atoms with van der Waals surface area (Å²) in [5.41, 5.74) is 0.249. The van der Waals surface area contributed by atoms with Crippen molar-refractivity contribution in [3.05, 3.63) is 35.4 Å². The highest BCUT2D eigenvalue weighted by molar-refractivity contribution is 7.89. The first-order valence-corrected chi connectivity index (χ1v) is 12.2. The highest BCUT2D eigenvalue weighted by atomic mass is 32.2. The second-order valence-electron chi connectivity index (χ2n) is 8.92. The van der Waals surface area contributed by atoms with Crippen LogP contribution in [0.15, 0.2) is 24.3 Å². The van der Waals surface area contributed by atoms with Gasteiger partial charge in [0.2, 0.25) is 10.0 Å². The fraction of sp³-hybridized carbons (Fsp3) is 0.619. The minimum Gasteiger partial charge on any atom is -0.381 e. The van der Waals surface area contributed by atoms with Crippen LogP contribution in [-0.2, 0) is 36.4 Å². The Kier molecular flexibility index (Phi) is 6.08. The van der Waals surface area contributed by atoms with Gasteiger partial charge in [0.1, 0.15) is 5.54 Å². The van der Waals surface area contributed by atoms with Gasteiger partial charge in [-0.1, -0.05) is 24.3 Å². The summed E-state index contributed by atoms with van der Waals surface area (Å²) < 4.78 is 39.2. The van der Waals surface area contributed by atoms with Crippen molar-refractivity contribution >= 4 is 22.0 Å². The molecule has 1 aromatic rings. The average molecular weight is 452 g/mol. The van der Waals surface area contributed by atoms with Crippen LogP contribution in [0.3, 0.4) is 0 Å². The van der Waals surface area contributed by atoms with Crippen molar-refractivity contribution in [2.45, 2.75) is 50.8 Å². The molecule has 2 atom stereocenters. The second-order valence-corrected chi connectivity index (χ2v) is 10.8. The Bertz CT molecular complexity index is 950. The van der Waals surface area contributed by atoms with Crippen LogP contribution in [0, 0.1) is 5.41 Å². The van der Waals surface area contributed by atoms with Crippen LogP contribution in [0.4, 0.5) is 4.79 Å². The molecule has 9 nitrogen and oxygen atoms in total. The molecule has 4 rings (SSSR count). The minimum atomic E-state index is -3.54. The Morgan fingerprint density at radius 2 is 1.97 bits per heavy atom. The molecule has 3 N–H and O–H groups in total. The number of hydrogen-bond acceptors (Lipinski definition) is 6. The van der Waals surface area contributed by atoms with E-state index in [0.717, 1.165) is 38.9 Å². The fourth-order valence-corrected chi connectivity index (χ4v) is 5.74. The smallest absolute Gasteiger partial charge is 0.322 e. The van der Waals surface area contributed by atoms with Gasteiger partial charge in [-0.15, -0.1) is 0 Å². The van der Waals surface area contributed by atoms with Crippen molar-refractivity contribution in [1.82, 2.24) is 15.4 Å². The van der Waals surface area contributed by atoms with Crippen molar-refractivity contribution in [3.63, 3.8) is 0 Å². The molecule has 3 amide bonds. The first-order valence-electron chi connectivity index (χ1n) is 10.6. The van der Waals surface area contributed by atoms with E-state index in [2.05, 4.69) is 15.4 Å². The normalized spacial score (nSPS) is 28.4. The lowest BCUT2D eigenvalue weighted by Crippen LogP contribution is -2.43. The predicted octanol–water partition coefficient (Wildman–Crippen LogP) is 1.14. The predicted molar refractivity (Wildman–Crippen MR) is 113 cm³/mol. The lowest BCUT2D eigenvalue weighted by atomic mass is 9.75. The average Bonchev–Trinajstić information content (AvgIpc) is 3.02. The van der Waals surface area contributed by atoms with Gasteiger partial charge >= 0.3 is 6.03 Å². The number of rotatable bonds is 6. The fourth-order valence-electron chi connectivity index (χ4n) is 4.48. The second kappa shape index (κ2) is 8.50. The number of urea groups is 1. The molecule has 0 saturated carbocycles. The van der Waals surface area contributed by atoms with Gasteiger partial charge in [-0.2, -0.15) is 0 Å². The largest absolute Gasteiger partial charge is 0.381 e. The van der Waals surface area contributed by atoms with E-state index in [1.165, 1.54) is 0 Å². The van der Waals surface area contributed by atoms with Crippen molar-refractivity contribution in [2.24, 2.45) is 5.41 Å². The highest BCUT2D eigenvalue weighted by Crippen LogP contribution is 2.40. The van der Waals surface area contributed by atoms with Crippen LogP contribution in [0.2, 0.25) is 0 Å². The molecule has 1 spiro atoms. The van der Waals surface area contributed by atoms with Gasteiger partial charge < -0.3 is 14.8 Å². The van der Waals surface area contributed by atoms with E-state index in [-0.39, 0.29) is 23.8 Å². The number of benzene rings is 1. The minimum absolute atomic E-state index is 0.0740. The summed E-state index contributed by atoms with van der Waals surface area (Å²) in [5, 5.41) is 4.84. The number of carbonyl (C=O) groups excluding carboxylic acids is 2. The van der Waals surface area contributed by atoms with Gasteiger partial charge in [-0.3, -0.25) is 10.1 Å². The summed E-state index contributed by atoms with van der Waals surface area (Å²) in [6, 6.07) is 6.41. The maximum Gasteiger partial charge on any atom is 0.322 e. The van der Waals surface area contributed by atoms with Gasteiger partial charge in [0.25, 0.3) is 5.91 Å². The van der Waals surface area contributed by atoms with E-state index in [1.807, 2.05) is 0 Å². The molecule has 0 bridgehead atoms. The molecule has 3 aliphatic rings. The zero-order valence-corrected chi connectivity index (χ0v) is 18.4. The molecule has 1 aromatic carbocycles. The first kappa shape index (κ1) is 22.2. The Morgan fingerprint density at radius 3 is 2.61 bits per heavy atom. The van der Waals surface area contributed by atoms with Crippen molar-refractivity contribution < 1.29 is 27.5 Å². The number of imide groups is 1. The summed E-state index contributed by atoms with van der Waals surface area (Å²) in [7, 11) is -3.54. The molecule has 2 unspecified atom stereocenters. The van der Waals surface area contributed by atoms with Gasteiger partial charge in [-0.25, -0.2) is 17.9 Å². The third-order valence-electron chi connectivity index (χ3n) is 6.63. The molecule has 0 aliphatic carbocycles. The Hall–Kier alpha value is -2.01. The van der Waals surface area contributed by atoms with Crippen molar-refractivity contribution in [2.75, 3.05) is 25.6 Å². The molecule has 0 radical (unpaired) electrons. The van der Waals surface area contributed by atoms with Gasteiger partial charge in [0, 0.05) is 19.8 Å². The van der Waals surface area contributed by atoms with Gasteiger partial charge in [-0.05, 0) is 49.1 Å². The molecular weight excluding hydrogens is 422 g/mol. The Labute approximate surface area is 182 Å². The summed E-state index contributed by atoms with van der Waals surface area (Å²) >= 11 is 0. The number of nitrogens with one attached hydrogen (secondary N) is 3. The SMILES string of the molecule is CC1(c2cccc(CNS(=O)(=O)CC3CCC4(CCOCC4)CO3)c2)NC(=O)NC1=O. The number of ether oxygens (including phenoxy) is 2. The van der Waals surface area contributed by atoms with Crippen LogP contribution in [0.25, 0.3) is 0 Å². The third-order valence-corrected chi connectivity index (χ3v) is 8.02. The summed E-state index contributed by atoms with van der Waals surface area (Å²) in [5.74, 6) is -0.512. The zero-order valence-electron chi connectivity index (χ0n) is 17.6. The molecule has 10 heteroatoms. The number of hydrogen-bond donors (Lipinski definition) is 3. The quantitative estimate of drug-likeness (QED) is 0.558. The molecular formula is C21H29N3O6S. The number of carbonyl (C=O) groups is 2. The summed E-state index contributed by atoms with van der Waals surface area (Å²) in [6.07, 6.45) is 3.32. The number of sulfonamides is 1. The van der Waals surface area contributed by atoms with Crippen LogP contribution in [0.1, 0.15) is 43.7 Å². The highest BCUT2D eigenvalue weighted by Gasteiger charge is 2.43. The molecule has 3 aliphatic heterocycles. The molecule has 0 aromatic heterocycles. The summed E-state index contributed by atoms with van der Waals surface area (Å²) in [6.45, 7) is 3.79. The maximum absolute atomic E-state index is 12.6. The van der Waals surface area contributed by atoms with Crippen molar-refractivity contribution in [1.29, 1.82) is 0 Å². The molecule has 3 saturated heterocycles. The van der Waals surface area contributed by atoms with E-state index in [0.29, 0.717) is 17.7 Å². The molecule has 3 heterocycles. The number of amides is 3. The van der Waals surface area contributed by atoms with E-state index in [9.17, 15) is 18.0 Å². The third kappa shape index (κ3) is 4.92. The van der Waals surface area contributed by atoms with Gasteiger partial charge in [0.05, 0.1) is 18.5 Å². The van der Waals surface area contributed by atoms with E-state index >= 15 is 0 Å². The van der Waals surface area contributed by atoms with E-state index < -0.39 is 27.5 Å². The Balaban J connectivity index is 1.33. The Morgan fingerprint density at radius 1 is 1.19 bits per heavy atom. The van der Waals surface area contributed by atoms with Crippen LogP contribution < -0.4 is 15.4 Å². The van der Waals surface area contributed by atoms with Crippen molar-refractivity contribution in [3.8, 4) is 0 Å². The van der Waals surface area contributed by atoms with E-state index in [4.69, 9.17) is 9.47 Å². The van der Waals surface area contributed by atoms with E-state index in [1.54, 1.807) is 31.2 Å². The lowest BCUT2D eigenvalue weighted by molar-refractivity contribution is -0.123. The van der Waals surface area contributed by atoms with Crippen LogP contribution in [0.5, 0.6) is 0 Å². The molecule has 3 fully saturated rings. The van der Waals surface area contributed by atoms with Crippen LogP contribution >= 0.6 is 0 Å².